The number of rotatable bonds is 5. The van der Waals surface area contributed by atoms with Crippen molar-refractivity contribution in [3.05, 3.63) is 18.2 Å². The number of nitrogens with zero attached hydrogens (tertiary/aromatic N) is 2. The van der Waals surface area contributed by atoms with Crippen LogP contribution in [-0.2, 0) is 6.42 Å². The molecule has 2 unspecified atom stereocenters. The summed E-state index contributed by atoms with van der Waals surface area (Å²) in [7, 11) is 0. The molecule has 1 aromatic rings. The Hall–Kier alpha value is -0.830. The first-order valence-corrected chi connectivity index (χ1v) is 6.60. The summed E-state index contributed by atoms with van der Waals surface area (Å²) < 4.78 is 2.40. The van der Waals surface area contributed by atoms with Gasteiger partial charge in [0.15, 0.2) is 0 Å². The van der Waals surface area contributed by atoms with Crippen LogP contribution in [0, 0.1) is 0 Å². The Morgan fingerprint density at radius 3 is 3.06 bits per heavy atom. The molecule has 1 aromatic heterocycles. The van der Waals surface area contributed by atoms with Crippen LogP contribution in [0.3, 0.4) is 0 Å². The van der Waals surface area contributed by atoms with E-state index in [0.717, 1.165) is 13.0 Å². The summed E-state index contributed by atoms with van der Waals surface area (Å²) >= 11 is 0. The van der Waals surface area contributed by atoms with E-state index >= 15 is 0 Å². The molecule has 0 radical (unpaired) electrons. The average Bonchev–Trinajstić information content (AvgIpc) is 2.87. The number of aryl methyl sites for hydroxylation is 1. The fourth-order valence-electron chi connectivity index (χ4n) is 2.78. The molecule has 3 heteroatoms. The number of nitrogens with one attached hydrogen (secondary N) is 1. The maximum Gasteiger partial charge on any atom is 0.108 e. The second-order valence-electron chi connectivity index (χ2n) is 4.72. The van der Waals surface area contributed by atoms with Gasteiger partial charge in [0.2, 0.25) is 0 Å². The van der Waals surface area contributed by atoms with Crippen LogP contribution in [0.1, 0.15) is 51.4 Å². The van der Waals surface area contributed by atoms with E-state index in [1.165, 1.54) is 31.5 Å². The van der Waals surface area contributed by atoms with Gasteiger partial charge in [0.1, 0.15) is 5.82 Å². The van der Waals surface area contributed by atoms with E-state index in [0.29, 0.717) is 12.1 Å². The molecular formula is C13H23N3. The van der Waals surface area contributed by atoms with Crippen LogP contribution >= 0.6 is 0 Å². The third kappa shape index (κ3) is 2.46. The molecule has 0 saturated heterocycles. The van der Waals surface area contributed by atoms with Crippen molar-refractivity contribution in [2.24, 2.45) is 0 Å². The summed E-state index contributed by atoms with van der Waals surface area (Å²) in [5.41, 5.74) is 0. The Balaban J connectivity index is 1.99. The molecule has 0 amide bonds. The molecule has 3 nitrogen and oxygen atoms in total. The van der Waals surface area contributed by atoms with Crippen LogP contribution in [0.25, 0.3) is 0 Å². The summed E-state index contributed by atoms with van der Waals surface area (Å²) in [5.74, 6) is 1.27. The molecule has 1 aliphatic carbocycles. The molecule has 90 valence electrons. The van der Waals surface area contributed by atoms with Gasteiger partial charge in [-0.25, -0.2) is 4.98 Å². The Morgan fingerprint density at radius 1 is 1.44 bits per heavy atom. The Labute approximate surface area is 98.3 Å². The Bertz CT molecular complexity index is 319. The van der Waals surface area contributed by atoms with Crippen LogP contribution in [0.2, 0.25) is 0 Å². The largest absolute Gasteiger partial charge is 0.332 e. The van der Waals surface area contributed by atoms with Crippen LogP contribution in [-0.4, -0.2) is 22.1 Å². The topological polar surface area (TPSA) is 29.9 Å². The summed E-state index contributed by atoms with van der Waals surface area (Å²) in [6.07, 6.45) is 10.3. The minimum absolute atomic E-state index is 0.674. The summed E-state index contributed by atoms with van der Waals surface area (Å²) in [6.45, 7) is 5.49. The Kier molecular flexibility index (Phi) is 3.99. The lowest BCUT2D eigenvalue weighted by atomic mass is 10.2. The second-order valence-corrected chi connectivity index (χ2v) is 4.72. The highest BCUT2D eigenvalue weighted by atomic mass is 15.1. The Morgan fingerprint density at radius 2 is 2.31 bits per heavy atom. The monoisotopic (exact) mass is 221 g/mol. The highest BCUT2D eigenvalue weighted by molar-refractivity contribution is 4.98. The lowest BCUT2D eigenvalue weighted by Crippen LogP contribution is -2.26. The van der Waals surface area contributed by atoms with Gasteiger partial charge in [0, 0.05) is 30.9 Å². The molecular weight excluding hydrogens is 198 g/mol. The maximum atomic E-state index is 4.46. The zero-order valence-electron chi connectivity index (χ0n) is 10.4. The first kappa shape index (κ1) is 11.6. The van der Waals surface area contributed by atoms with Crippen molar-refractivity contribution in [3.63, 3.8) is 0 Å². The standard InChI is InChI=1S/C13H23N3/c1-3-5-13-15-8-9-16(13)12-7-6-11(10-12)14-4-2/h8-9,11-12,14H,3-7,10H2,1-2H3. The fraction of sp³-hybridized carbons (Fsp3) is 0.769. The third-order valence-electron chi connectivity index (χ3n) is 3.51. The summed E-state index contributed by atoms with van der Waals surface area (Å²) in [5, 5.41) is 3.55. The van der Waals surface area contributed by atoms with Gasteiger partial charge in [-0.1, -0.05) is 13.8 Å². The van der Waals surface area contributed by atoms with Crippen molar-refractivity contribution in [3.8, 4) is 0 Å². The van der Waals surface area contributed by atoms with Crippen molar-refractivity contribution < 1.29 is 0 Å². The van der Waals surface area contributed by atoms with E-state index in [-0.39, 0.29) is 0 Å². The molecule has 1 N–H and O–H groups in total. The smallest absolute Gasteiger partial charge is 0.108 e. The van der Waals surface area contributed by atoms with E-state index in [1.54, 1.807) is 0 Å². The maximum absolute atomic E-state index is 4.46. The van der Waals surface area contributed by atoms with E-state index in [4.69, 9.17) is 0 Å². The van der Waals surface area contributed by atoms with Gasteiger partial charge in [-0.2, -0.15) is 0 Å². The molecule has 2 atom stereocenters. The van der Waals surface area contributed by atoms with Crippen molar-refractivity contribution in [2.75, 3.05) is 6.54 Å². The van der Waals surface area contributed by atoms with Gasteiger partial charge in [-0.3, -0.25) is 0 Å². The van der Waals surface area contributed by atoms with Gasteiger partial charge in [-0.15, -0.1) is 0 Å². The predicted octanol–water partition coefficient (Wildman–Crippen LogP) is 2.54. The normalized spacial score (nSPS) is 25.1. The van der Waals surface area contributed by atoms with Gasteiger partial charge in [0.25, 0.3) is 0 Å². The molecule has 0 spiro atoms. The third-order valence-corrected chi connectivity index (χ3v) is 3.51. The number of aromatic nitrogens is 2. The minimum Gasteiger partial charge on any atom is -0.332 e. The van der Waals surface area contributed by atoms with Crippen molar-refractivity contribution >= 4 is 0 Å². The molecule has 16 heavy (non-hydrogen) atoms. The van der Waals surface area contributed by atoms with E-state index in [1.807, 2.05) is 6.20 Å². The molecule has 0 bridgehead atoms. The second kappa shape index (κ2) is 5.48. The molecule has 1 aliphatic rings. The predicted molar refractivity (Wildman–Crippen MR) is 66.6 cm³/mol. The lowest BCUT2D eigenvalue weighted by molar-refractivity contribution is 0.467. The van der Waals surface area contributed by atoms with Gasteiger partial charge in [0.05, 0.1) is 0 Å². The van der Waals surface area contributed by atoms with E-state index in [2.05, 4.69) is 34.9 Å². The van der Waals surface area contributed by atoms with Crippen LogP contribution in [0.5, 0.6) is 0 Å². The summed E-state index contributed by atoms with van der Waals surface area (Å²) in [4.78, 5) is 4.46. The molecule has 2 rings (SSSR count). The van der Waals surface area contributed by atoms with Crippen molar-refractivity contribution in [2.45, 2.75) is 58.0 Å². The van der Waals surface area contributed by atoms with Crippen LogP contribution in [0.15, 0.2) is 12.4 Å². The van der Waals surface area contributed by atoms with E-state index in [9.17, 15) is 0 Å². The van der Waals surface area contributed by atoms with Gasteiger partial charge >= 0.3 is 0 Å². The highest BCUT2D eigenvalue weighted by Gasteiger charge is 2.26. The highest BCUT2D eigenvalue weighted by Crippen LogP contribution is 2.30. The lowest BCUT2D eigenvalue weighted by Gasteiger charge is -2.16. The van der Waals surface area contributed by atoms with E-state index < -0.39 is 0 Å². The zero-order chi connectivity index (χ0) is 11.4. The first-order chi connectivity index (χ1) is 7.85. The van der Waals surface area contributed by atoms with Gasteiger partial charge in [-0.05, 0) is 32.2 Å². The van der Waals surface area contributed by atoms with Gasteiger partial charge < -0.3 is 9.88 Å². The number of hydrogen-bond acceptors (Lipinski definition) is 2. The number of hydrogen-bond donors (Lipinski definition) is 1. The molecule has 1 saturated carbocycles. The van der Waals surface area contributed by atoms with Crippen molar-refractivity contribution in [1.82, 2.24) is 14.9 Å². The zero-order valence-corrected chi connectivity index (χ0v) is 10.4. The molecule has 1 heterocycles. The fourth-order valence-corrected chi connectivity index (χ4v) is 2.78. The number of imidazole rings is 1. The van der Waals surface area contributed by atoms with Crippen LogP contribution < -0.4 is 5.32 Å². The van der Waals surface area contributed by atoms with Crippen molar-refractivity contribution in [1.29, 1.82) is 0 Å². The van der Waals surface area contributed by atoms with Crippen LogP contribution in [0.4, 0.5) is 0 Å². The average molecular weight is 221 g/mol. The summed E-state index contributed by atoms with van der Waals surface area (Å²) in [6, 6.07) is 1.39. The SMILES string of the molecule is CCCc1nccn1C1CCC(NCC)C1. The molecule has 1 fully saturated rings. The molecule has 0 aromatic carbocycles. The quantitative estimate of drug-likeness (QED) is 0.828. The molecule has 0 aliphatic heterocycles. The minimum atomic E-state index is 0.674. The first-order valence-electron chi connectivity index (χ1n) is 6.60.